The van der Waals surface area contributed by atoms with Gasteiger partial charge in [0.15, 0.2) is 0 Å². The molecule has 0 spiro atoms. The van der Waals surface area contributed by atoms with Crippen molar-refractivity contribution in [3.05, 3.63) is 22.5 Å². The lowest BCUT2D eigenvalue weighted by molar-refractivity contribution is -0.149. The molecule has 0 unspecified atom stereocenters. The van der Waals surface area contributed by atoms with Gasteiger partial charge in [0.05, 0.1) is 24.7 Å². The van der Waals surface area contributed by atoms with Crippen molar-refractivity contribution in [2.24, 2.45) is 5.92 Å². The first-order valence-electron chi connectivity index (χ1n) is 9.69. The average Bonchev–Trinajstić information content (AvgIpc) is 2.91. The number of likely N-dealkylation sites (tertiary alicyclic amines) is 1. The van der Waals surface area contributed by atoms with Crippen LogP contribution in [0.5, 0.6) is 0 Å². The summed E-state index contributed by atoms with van der Waals surface area (Å²) >= 11 is 0. The summed E-state index contributed by atoms with van der Waals surface area (Å²) in [5.74, 6) is -0.824. The molecule has 1 aliphatic heterocycles. The Labute approximate surface area is 160 Å². The summed E-state index contributed by atoms with van der Waals surface area (Å²) in [6.45, 7) is 11.4. The standard InChI is InChI=1S/C20H30N2O5/c1-6-22-14(5)16(13(4)17(22)20(25)27-8-3)18(23)21-11-9-15(10-12-21)19(24)26-7-2/h15H,6-12H2,1-5H3. The molecule has 1 aromatic rings. The molecule has 2 rings (SSSR count). The highest BCUT2D eigenvalue weighted by Gasteiger charge is 2.32. The van der Waals surface area contributed by atoms with Gasteiger partial charge in [0, 0.05) is 25.3 Å². The third kappa shape index (κ3) is 4.17. The maximum atomic E-state index is 13.1. The molecular weight excluding hydrogens is 348 g/mol. The quantitative estimate of drug-likeness (QED) is 0.711. The summed E-state index contributed by atoms with van der Waals surface area (Å²) in [6.07, 6.45) is 1.20. The molecular formula is C20H30N2O5. The van der Waals surface area contributed by atoms with Crippen molar-refractivity contribution in [1.82, 2.24) is 9.47 Å². The molecule has 7 heteroatoms. The lowest BCUT2D eigenvalue weighted by Gasteiger charge is -2.31. The Kier molecular flexibility index (Phi) is 7.05. The van der Waals surface area contributed by atoms with Gasteiger partial charge in [0.2, 0.25) is 0 Å². The molecule has 0 N–H and O–H groups in total. The Hall–Kier alpha value is -2.31. The van der Waals surface area contributed by atoms with Gasteiger partial charge in [-0.1, -0.05) is 0 Å². The number of carbonyl (C=O) groups excluding carboxylic acids is 3. The fraction of sp³-hybridized carbons (Fsp3) is 0.650. The van der Waals surface area contributed by atoms with Gasteiger partial charge in [-0.3, -0.25) is 9.59 Å². The van der Waals surface area contributed by atoms with Crippen LogP contribution in [0.15, 0.2) is 0 Å². The predicted molar refractivity (Wildman–Crippen MR) is 101 cm³/mol. The largest absolute Gasteiger partial charge is 0.466 e. The molecule has 1 fully saturated rings. The molecule has 2 heterocycles. The van der Waals surface area contributed by atoms with E-state index >= 15 is 0 Å². The molecule has 0 saturated carbocycles. The van der Waals surface area contributed by atoms with Gasteiger partial charge in [-0.25, -0.2) is 4.79 Å². The third-order valence-electron chi connectivity index (χ3n) is 5.17. The van der Waals surface area contributed by atoms with Gasteiger partial charge in [-0.2, -0.15) is 0 Å². The molecule has 0 aliphatic carbocycles. The van der Waals surface area contributed by atoms with E-state index in [1.807, 2.05) is 18.4 Å². The number of nitrogens with zero attached hydrogens (tertiary/aromatic N) is 2. The minimum Gasteiger partial charge on any atom is -0.466 e. The minimum absolute atomic E-state index is 0.0925. The SMILES string of the molecule is CCOC(=O)c1c(C)c(C(=O)N2CCC(C(=O)OCC)CC2)c(C)n1CC. The minimum atomic E-state index is -0.403. The van der Waals surface area contributed by atoms with Gasteiger partial charge in [-0.05, 0) is 53.0 Å². The highest BCUT2D eigenvalue weighted by molar-refractivity contribution is 6.01. The van der Waals surface area contributed by atoms with Crippen LogP contribution in [0.4, 0.5) is 0 Å². The van der Waals surface area contributed by atoms with Crippen molar-refractivity contribution >= 4 is 17.8 Å². The van der Waals surface area contributed by atoms with Gasteiger partial charge in [0.25, 0.3) is 5.91 Å². The first-order chi connectivity index (χ1) is 12.9. The zero-order valence-corrected chi connectivity index (χ0v) is 17.0. The lowest BCUT2D eigenvalue weighted by atomic mass is 9.96. The highest BCUT2D eigenvalue weighted by atomic mass is 16.5. The van der Waals surface area contributed by atoms with Crippen LogP contribution in [0.3, 0.4) is 0 Å². The van der Waals surface area contributed by atoms with E-state index in [2.05, 4.69) is 0 Å². The number of piperidine rings is 1. The van der Waals surface area contributed by atoms with Crippen LogP contribution >= 0.6 is 0 Å². The zero-order valence-electron chi connectivity index (χ0n) is 17.0. The van der Waals surface area contributed by atoms with Crippen LogP contribution in [0.1, 0.15) is 65.7 Å². The van der Waals surface area contributed by atoms with E-state index in [0.717, 1.165) is 5.69 Å². The fourth-order valence-electron chi connectivity index (χ4n) is 3.80. The molecule has 27 heavy (non-hydrogen) atoms. The van der Waals surface area contributed by atoms with Gasteiger partial charge in [0.1, 0.15) is 5.69 Å². The molecule has 7 nitrogen and oxygen atoms in total. The van der Waals surface area contributed by atoms with Crippen LogP contribution in [-0.4, -0.2) is 53.6 Å². The lowest BCUT2D eigenvalue weighted by Crippen LogP contribution is -2.41. The molecule has 1 aromatic heterocycles. The number of amides is 1. The third-order valence-corrected chi connectivity index (χ3v) is 5.17. The van der Waals surface area contributed by atoms with Crippen molar-refractivity contribution in [3.63, 3.8) is 0 Å². The number of carbonyl (C=O) groups is 3. The summed E-state index contributed by atoms with van der Waals surface area (Å²) in [7, 11) is 0. The van der Waals surface area contributed by atoms with Crippen LogP contribution in [-0.2, 0) is 20.8 Å². The van der Waals surface area contributed by atoms with Crippen molar-refractivity contribution in [1.29, 1.82) is 0 Å². The first kappa shape index (κ1) is 21.0. The second-order valence-corrected chi connectivity index (χ2v) is 6.72. The fourth-order valence-corrected chi connectivity index (χ4v) is 3.80. The molecule has 1 aliphatic rings. The Bertz CT molecular complexity index is 714. The topological polar surface area (TPSA) is 77.8 Å². The monoisotopic (exact) mass is 378 g/mol. The van der Waals surface area contributed by atoms with Gasteiger partial charge >= 0.3 is 11.9 Å². The molecule has 1 amide bonds. The van der Waals surface area contributed by atoms with Gasteiger partial charge in [-0.15, -0.1) is 0 Å². The van der Waals surface area contributed by atoms with E-state index in [1.54, 1.807) is 25.7 Å². The summed E-state index contributed by atoms with van der Waals surface area (Å²) in [5, 5.41) is 0. The molecule has 0 bridgehead atoms. The Morgan fingerprint density at radius 3 is 2.11 bits per heavy atom. The second kappa shape index (κ2) is 9.06. The van der Waals surface area contributed by atoms with Crippen LogP contribution in [0.2, 0.25) is 0 Å². The number of esters is 2. The van der Waals surface area contributed by atoms with Crippen LogP contribution in [0, 0.1) is 19.8 Å². The van der Waals surface area contributed by atoms with Crippen molar-refractivity contribution in [2.45, 2.75) is 54.0 Å². The molecule has 0 atom stereocenters. The van der Waals surface area contributed by atoms with Crippen molar-refractivity contribution in [2.75, 3.05) is 26.3 Å². The highest BCUT2D eigenvalue weighted by Crippen LogP contribution is 2.27. The van der Waals surface area contributed by atoms with Crippen LogP contribution in [0.25, 0.3) is 0 Å². The van der Waals surface area contributed by atoms with E-state index < -0.39 is 5.97 Å². The van der Waals surface area contributed by atoms with E-state index in [1.165, 1.54) is 0 Å². The number of aromatic nitrogens is 1. The summed E-state index contributed by atoms with van der Waals surface area (Å²) in [6, 6.07) is 0. The van der Waals surface area contributed by atoms with Gasteiger partial charge < -0.3 is 18.9 Å². The van der Waals surface area contributed by atoms with E-state index in [4.69, 9.17) is 9.47 Å². The Balaban J connectivity index is 2.22. The summed E-state index contributed by atoms with van der Waals surface area (Å²) in [4.78, 5) is 39.2. The van der Waals surface area contributed by atoms with E-state index in [9.17, 15) is 14.4 Å². The molecule has 1 saturated heterocycles. The molecule has 0 radical (unpaired) electrons. The van der Waals surface area contributed by atoms with E-state index in [-0.39, 0.29) is 24.4 Å². The summed E-state index contributed by atoms with van der Waals surface area (Å²) in [5.41, 5.74) is 2.44. The molecule has 0 aromatic carbocycles. The number of hydrogen-bond donors (Lipinski definition) is 0. The Morgan fingerprint density at radius 2 is 1.59 bits per heavy atom. The maximum absolute atomic E-state index is 13.1. The average molecular weight is 378 g/mol. The second-order valence-electron chi connectivity index (χ2n) is 6.72. The summed E-state index contributed by atoms with van der Waals surface area (Å²) < 4.78 is 12.1. The molecule has 150 valence electrons. The van der Waals surface area contributed by atoms with Crippen molar-refractivity contribution < 1.29 is 23.9 Å². The number of ether oxygens (including phenoxy) is 2. The number of hydrogen-bond acceptors (Lipinski definition) is 5. The van der Waals surface area contributed by atoms with Crippen LogP contribution < -0.4 is 0 Å². The predicted octanol–water partition coefficient (Wildman–Crippen LogP) is 2.72. The first-order valence-corrected chi connectivity index (χ1v) is 9.69. The maximum Gasteiger partial charge on any atom is 0.355 e. The zero-order chi connectivity index (χ0) is 20.1. The number of rotatable bonds is 6. The Morgan fingerprint density at radius 1 is 1.00 bits per heavy atom. The van der Waals surface area contributed by atoms with Crippen molar-refractivity contribution in [3.8, 4) is 0 Å². The van der Waals surface area contributed by atoms with E-state index in [0.29, 0.717) is 55.9 Å². The smallest absolute Gasteiger partial charge is 0.355 e. The normalized spacial score (nSPS) is 14.9.